The Morgan fingerprint density at radius 3 is 2.30 bits per heavy atom. The summed E-state index contributed by atoms with van der Waals surface area (Å²) in [5.41, 5.74) is 4.12. The Labute approximate surface area is 135 Å². The molecule has 0 aliphatic heterocycles. The Bertz CT molecular complexity index is 877. The largest absolute Gasteiger partial charge is 0.457 e. The van der Waals surface area contributed by atoms with Gasteiger partial charge in [0.2, 0.25) is 0 Å². The molecule has 0 saturated carbocycles. The number of fused-ring (bicyclic) bond motifs is 1. The molecule has 2 nitrogen and oxygen atoms in total. The highest BCUT2D eigenvalue weighted by molar-refractivity contribution is 6.35. The normalized spacial score (nSPS) is 11.7. The molecular weight excluding hydrogens is 327 g/mol. The van der Waals surface area contributed by atoms with Crippen LogP contribution in [0.25, 0.3) is 10.8 Å². The summed E-state index contributed by atoms with van der Waals surface area (Å²) >= 11 is 6.12. The van der Waals surface area contributed by atoms with Crippen LogP contribution in [0, 0.1) is 0 Å². The molecule has 2 N–H and O–H groups in total. The SMILES string of the molecule is Nc1ccc(Oc2ccc(Cl)c3ccccc23)cc1C(F)(F)F. The summed E-state index contributed by atoms with van der Waals surface area (Å²) in [6.07, 6.45) is -4.54. The number of anilines is 1. The van der Waals surface area contributed by atoms with Crippen LogP contribution in [0.1, 0.15) is 5.56 Å². The Kier molecular flexibility index (Phi) is 3.82. The molecule has 0 aliphatic rings. The van der Waals surface area contributed by atoms with E-state index in [1.165, 1.54) is 12.1 Å². The van der Waals surface area contributed by atoms with Crippen molar-refractivity contribution in [1.82, 2.24) is 0 Å². The monoisotopic (exact) mass is 337 g/mol. The maximum absolute atomic E-state index is 12.9. The lowest BCUT2D eigenvalue weighted by atomic mass is 10.1. The Morgan fingerprint density at radius 1 is 0.913 bits per heavy atom. The van der Waals surface area contributed by atoms with Crippen molar-refractivity contribution in [2.45, 2.75) is 6.18 Å². The minimum atomic E-state index is -4.54. The van der Waals surface area contributed by atoms with Crippen LogP contribution in [0.15, 0.2) is 54.6 Å². The van der Waals surface area contributed by atoms with Crippen LogP contribution in [0.5, 0.6) is 11.5 Å². The summed E-state index contributed by atoms with van der Waals surface area (Å²) in [6, 6.07) is 13.9. The minimum Gasteiger partial charge on any atom is -0.457 e. The van der Waals surface area contributed by atoms with Gasteiger partial charge in [-0.15, -0.1) is 0 Å². The van der Waals surface area contributed by atoms with Gasteiger partial charge in [-0.25, -0.2) is 0 Å². The second kappa shape index (κ2) is 5.66. The summed E-state index contributed by atoms with van der Waals surface area (Å²) in [5, 5.41) is 2.02. The number of alkyl halides is 3. The van der Waals surface area contributed by atoms with E-state index in [2.05, 4.69) is 0 Å². The highest BCUT2D eigenvalue weighted by atomic mass is 35.5. The van der Waals surface area contributed by atoms with Crippen molar-refractivity contribution in [3.63, 3.8) is 0 Å². The predicted octanol–water partition coefficient (Wildman–Crippen LogP) is 5.89. The van der Waals surface area contributed by atoms with Gasteiger partial charge in [0.15, 0.2) is 0 Å². The number of ether oxygens (including phenoxy) is 1. The van der Waals surface area contributed by atoms with Gasteiger partial charge in [-0.1, -0.05) is 35.9 Å². The summed E-state index contributed by atoms with van der Waals surface area (Å²) in [5.74, 6) is 0.474. The van der Waals surface area contributed by atoms with Crippen LogP contribution in [-0.4, -0.2) is 0 Å². The van der Waals surface area contributed by atoms with Crippen molar-refractivity contribution in [1.29, 1.82) is 0 Å². The van der Waals surface area contributed by atoms with Crippen molar-refractivity contribution in [3.8, 4) is 11.5 Å². The van der Waals surface area contributed by atoms with Crippen molar-refractivity contribution in [2.75, 3.05) is 5.73 Å². The van der Waals surface area contributed by atoms with E-state index in [0.29, 0.717) is 16.2 Å². The molecule has 0 radical (unpaired) electrons. The number of hydrogen-bond donors (Lipinski definition) is 1. The van der Waals surface area contributed by atoms with E-state index in [1.807, 2.05) is 12.1 Å². The van der Waals surface area contributed by atoms with Gasteiger partial charge in [-0.2, -0.15) is 13.2 Å². The molecule has 0 fully saturated rings. The second-order valence-electron chi connectivity index (χ2n) is 4.94. The first kappa shape index (κ1) is 15.5. The summed E-state index contributed by atoms with van der Waals surface area (Å²) < 4.78 is 44.4. The van der Waals surface area contributed by atoms with Crippen LogP contribution in [0.2, 0.25) is 5.02 Å². The maximum atomic E-state index is 12.9. The fourth-order valence-corrected chi connectivity index (χ4v) is 2.52. The first-order chi connectivity index (χ1) is 10.9. The van der Waals surface area contributed by atoms with E-state index in [1.54, 1.807) is 24.3 Å². The van der Waals surface area contributed by atoms with E-state index in [0.717, 1.165) is 11.5 Å². The second-order valence-corrected chi connectivity index (χ2v) is 5.35. The number of rotatable bonds is 2. The molecule has 0 unspecified atom stereocenters. The molecule has 118 valence electrons. The van der Waals surface area contributed by atoms with Crippen molar-refractivity contribution < 1.29 is 17.9 Å². The molecule has 23 heavy (non-hydrogen) atoms. The van der Waals surface area contributed by atoms with Crippen molar-refractivity contribution in [3.05, 3.63) is 65.2 Å². The van der Waals surface area contributed by atoms with E-state index in [4.69, 9.17) is 22.1 Å². The van der Waals surface area contributed by atoms with Gasteiger partial charge < -0.3 is 10.5 Å². The van der Waals surface area contributed by atoms with Gasteiger partial charge in [0.25, 0.3) is 0 Å². The standard InChI is InChI=1S/C17H11ClF3NO/c18-14-6-8-16(12-4-2-1-3-11(12)14)23-10-5-7-15(22)13(9-10)17(19,20)21/h1-9H,22H2. The predicted molar refractivity (Wildman–Crippen MR) is 84.9 cm³/mol. The van der Waals surface area contributed by atoms with Crippen molar-refractivity contribution >= 4 is 28.1 Å². The zero-order valence-electron chi connectivity index (χ0n) is 11.7. The minimum absolute atomic E-state index is 0.0546. The highest BCUT2D eigenvalue weighted by Gasteiger charge is 2.33. The van der Waals surface area contributed by atoms with Gasteiger partial charge >= 0.3 is 6.18 Å². The molecule has 0 saturated heterocycles. The van der Waals surface area contributed by atoms with E-state index < -0.39 is 11.7 Å². The zero-order chi connectivity index (χ0) is 16.6. The van der Waals surface area contributed by atoms with Crippen LogP contribution < -0.4 is 10.5 Å². The van der Waals surface area contributed by atoms with Gasteiger partial charge in [-0.05, 0) is 30.3 Å². The molecule has 0 bridgehead atoms. The highest BCUT2D eigenvalue weighted by Crippen LogP contribution is 2.38. The lowest BCUT2D eigenvalue weighted by Crippen LogP contribution is -2.08. The average molecular weight is 338 g/mol. The molecule has 0 atom stereocenters. The van der Waals surface area contributed by atoms with Gasteiger partial charge in [0, 0.05) is 21.5 Å². The fraction of sp³-hybridized carbons (Fsp3) is 0.0588. The van der Waals surface area contributed by atoms with Crippen LogP contribution >= 0.6 is 11.6 Å². The number of nitrogen functional groups attached to an aromatic ring is 1. The molecule has 0 aromatic heterocycles. The Hall–Kier alpha value is -2.40. The molecule has 3 aromatic carbocycles. The topological polar surface area (TPSA) is 35.2 Å². The van der Waals surface area contributed by atoms with Gasteiger partial charge in [0.05, 0.1) is 5.56 Å². The number of nitrogens with two attached hydrogens (primary N) is 1. The Balaban J connectivity index is 2.05. The van der Waals surface area contributed by atoms with Gasteiger partial charge in [0.1, 0.15) is 11.5 Å². The average Bonchev–Trinajstić information content (AvgIpc) is 2.51. The first-order valence-electron chi connectivity index (χ1n) is 6.68. The van der Waals surface area contributed by atoms with E-state index >= 15 is 0 Å². The summed E-state index contributed by atoms with van der Waals surface area (Å²) in [4.78, 5) is 0. The van der Waals surface area contributed by atoms with Crippen molar-refractivity contribution in [2.24, 2.45) is 0 Å². The maximum Gasteiger partial charge on any atom is 0.418 e. The van der Waals surface area contributed by atoms with E-state index in [9.17, 15) is 13.2 Å². The lowest BCUT2D eigenvalue weighted by molar-refractivity contribution is -0.137. The van der Waals surface area contributed by atoms with E-state index in [-0.39, 0.29) is 11.4 Å². The van der Waals surface area contributed by atoms with Crippen LogP contribution in [-0.2, 0) is 6.18 Å². The first-order valence-corrected chi connectivity index (χ1v) is 7.06. The number of benzene rings is 3. The lowest BCUT2D eigenvalue weighted by Gasteiger charge is -2.14. The molecular formula is C17H11ClF3NO. The third-order valence-electron chi connectivity index (χ3n) is 3.39. The third-order valence-corrected chi connectivity index (χ3v) is 3.72. The quantitative estimate of drug-likeness (QED) is 0.592. The molecule has 3 aromatic rings. The van der Waals surface area contributed by atoms with Crippen LogP contribution in [0.3, 0.4) is 0 Å². The molecule has 0 spiro atoms. The third kappa shape index (κ3) is 3.05. The molecule has 6 heteroatoms. The van der Waals surface area contributed by atoms with Crippen LogP contribution in [0.4, 0.5) is 18.9 Å². The smallest absolute Gasteiger partial charge is 0.418 e. The molecule has 3 rings (SSSR count). The van der Waals surface area contributed by atoms with Gasteiger partial charge in [-0.3, -0.25) is 0 Å². The summed E-state index contributed by atoms with van der Waals surface area (Å²) in [6.45, 7) is 0. The molecule has 0 aliphatic carbocycles. The molecule has 0 amide bonds. The number of hydrogen-bond acceptors (Lipinski definition) is 2. The summed E-state index contributed by atoms with van der Waals surface area (Å²) in [7, 11) is 0. The molecule has 0 heterocycles. The Morgan fingerprint density at radius 2 is 1.61 bits per heavy atom. The fourth-order valence-electron chi connectivity index (χ4n) is 2.29. The number of halogens is 4. The zero-order valence-corrected chi connectivity index (χ0v) is 12.4.